The number of Topliss-reactive ketones (excluding diaryl/α,β-unsaturated/α-hetero) is 2. The maximum absolute atomic E-state index is 12.4. The Kier molecular flexibility index (Phi) is 2.42. The lowest BCUT2D eigenvalue weighted by molar-refractivity contribution is -0.126. The van der Waals surface area contributed by atoms with Crippen LogP contribution in [0.15, 0.2) is 23.8 Å². The number of carbonyl (C=O) groups excluding carboxylic acids is 2. The molecule has 2 bridgehead atoms. The molecule has 0 saturated heterocycles. The van der Waals surface area contributed by atoms with Gasteiger partial charge in [0.25, 0.3) is 0 Å². The molecule has 0 spiro atoms. The average molecular weight is 244 g/mol. The largest absolute Gasteiger partial charge is 0.299 e. The van der Waals surface area contributed by atoms with E-state index in [1.54, 1.807) is 0 Å². The third-order valence-electron chi connectivity index (χ3n) is 5.42. The van der Waals surface area contributed by atoms with Crippen LogP contribution in [0.2, 0.25) is 0 Å². The molecule has 18 heavy (non-hydrogen) atoms. The monoisotopic (exact) mass is 244 g/mol. The molecule has 0 aliphatic heterocycles. The van der Waals surface area contributed by atoms with Crippen LogP contribution in [0.5, 0.6) is 0 Å². The Morgan fingerprint density at radius 1 is 1.33 bits per heavy atom. The molecule has 2 heteroatoms. The standard InChI is InChI=1S/C16H20O2/c1-15(2)12-7-8-16(15,14(18)9-12)10-11-5-3-4-6-13(11)17/h5,7-8,12H,3-4,6,9-10H2,1-2H3. The van der Waals surface area contributed by atoms with E-state index in [4.69, 9.17) is 0 Å². The number of hydrogen-bond donors (Lipinski definition) is 0. The van der Waals surface area contributed by atoms with Crippen LogP contribution in [-0.4, -0.2) is 11.6 Å². The van der Waals surface area contributed by atoms with Crippen LogP contribution >= 0.6 is 0 Å². The summed E-state index contributed by atoms with van der Waals surface area (Å²) in [6, 6.07) is 0. The molecular formula is C16H20O2. The Bertz CT molecular complexity index is 481. The highest BCUT2D eigenvalue weighted by Crippen LogP contribution is 2.62. The van der Waals surface area contributed by atoms with Crippen LogP contribution in [0.4, 0.5) is 0 Å². The van der Waals surface area contributed by atoms with E-state index >= 15 is 0 Å². The fraction of sp³-hybridized carbons (Fsp3) is 0.625. The molecule has 96 valence electrons. The highest BCUT2D eigenvalue weighted by molar-refractivity contribution is 5.99. The summed E-state index contributed by atoms with van der Waals surface area (Å²) in [5.41, 5.74) is 0.467. The third-order valence-corrected chi connectivity index (χ3v) is 5.42. The van der Waals surface area contributed by atoms with Gasteiger partial charge < -0.3 is 0 Å². The van der Waals surface area contributed by atoms with Gasteiger partial charge >= 0.3 is 0 Å². The number of rotatable bonds is 2. The SMILES string of the molecule is CC1(C)C2C=CC1(CC1=CCCCC1=O)C(=O)C2. The minimum atomic E-state index is -0.406. The average Bonchev–Trinajstić information content (AvgIpc) is 2.66. The molecular weight excluding hydrogens is 224 g/mol. The summed E-state index contributed by atoms with van der Waals surface area (Å²) >= 11 is 0. The zero-order valence-electron chi connectivity index (χ0n) is 11.2. The summed E-state index contributed by atoms with van der Waals surface area (Å²) in [5, 5.41) is 0. The molecule has 0 N–H and O–H groups in total. The molecule has 0 radical (unpaired) electrons. The summed E-state index contributed by atoms with van der Waals surface area (Å²) in [4.78, 5) is 24.3. The summed E-state index contributed by atoms with van der Waals surface area (Å²) in [7, 11) is 0. The maximum Gasteiger partial charge on any atom is 0.158 e. The highest BCUT2D eigenvalue weighted by Gasteiger charge is 2.61. The van der Waals surface area contributed by atoms with E-state index in [1.165, 1.54) is 0 Å². The van der Waals surface area contributed by atoms with Crippen LogP contribution in [0.25, 0.3) is 0 Å². The lowest BCUT2D eigenvalue weighted by Crippen LogP contribution is -2.37. The van der Waals surface area contributed by atoms with Gasteiger partial charge in [-0.25, -0.2) is 0 Å². The second-order valence-corrected chi connectivity index (χ2v) is 6.51. The lowest BCUT2D eigenvalue weighted by Gasteiger charge is -2.37. The van der Waals surface area contributed by atoms with Crippen molar-refractivity contribution in [3.8, 4) is 0 Å². The fourth-order valence-corrected chi connectivity index (χ4v) is 3.89. The predicted octanol–water partition coefficient (Wildman–Crippen LogP) is 3.23. The van der Waals surface area contributed by atoms with E-state index in [1.807, 2.05) is 0 Å². The first-order valence-corrected chi connectivity index (χ1v) is 6.92. The number of fused-ring (bicyclic) bond motifs is 2. The van der Waals surface area contributed by atoms with Gasteiger partial charge in [-0.2, -0.15) is 0 Å². The van der Waals surface area contributed by atoms with Gasteiger partial charge in [-0.1, -0.05) is 32.1 Å². The molecule has 2 atom stereocenters. The van der Waals surface area contributed by atoms with Gasteiger partial charge in [-0.05, 0) is 36.2 Å². The van der Waals surface area contributed by atoms with Gasteiger partial charge in [0, 0.05) is 12.8 Å². The second-order valence-electron chi connectivity index (χ2n) is 6.51. The molecule has 0 heterocycles. The van der Waals surface area contributed by atoms with Crippen molar-refractivity contribution in [2.75, 3.05) is 0 Å². The quantitative estimate of drug-likeness (QED) is 0.699. The van der Waals surface area contributed by atoms with Crippen molar-refractivity contribution in [2.24, 2.45) is 16.7 Å². The van der Waals surface area contributed by atoms with E-state index < -0.39 is 5.41 Å². The smallest absolute Gasteiger partial charge is 0.158 e. The molecule has 3 aliphatic rings. The molecule has 3 aliphatic carbocycles. The molecule has 0 aromatic heterocycles. The van der Waals surface area contributed by atoms with E-state index in [9.17, 15) is 9.59 Å². The van der Waals surface area contributed by atoms with E-state index in [0.717, 1.165) is 18.4 Å². The first-order valence-electron chi connectivity index (χ1n) is 6.92. The van der Waals surface area contributed by atoms with Gasteiger partial charge in [0.2, 0.25) is 0 Å². The number of hydrogen-bond acceptors (Lipinski definition) is 2. The van der Waals surface area contributed by atoms with Crippen LogP contribution < -0.4 is 0 Å². The third kappa shape index (κ3) is 1.35. The van der Waals surface area contributed by atoms with Crippen LogP contribution in [0.1, 0.15) is 46.0 Å². The Balaban J connectivity index is 1.96. The summed E-state index contributed by atoms with van der Waals surface area (Å²) in [5.74, 6) is 0.951. The summed E-state index contributed by atoms with van der Waals surface area (Å²) < 4.78 is 0. The molecule has 2 unspecified atom stereocenters. The molecule has 0 aromatic carbocycles. The maximum atomic E-state index is 12.4. The van der Waals surface area contributed by atoms with E-state index in [-0.39, 0.29) is 11.2 Å². The van der Waals surface area contributed by atoms with E-state index in [2.05, 4.69) is 32.1 Å². The van der Waals surface area contributed by atoms with Crippen molar-refractivity contribution in [3.05, 3.63) is 23.8 Å². The van der Waals surface area contributed by atoms with Crippen molar-refractivity contribution in [1.29, 1.82) is 0 Å². The Morgan fingerprint density at radius 2 is 2.11 bits per heavy atom. The molecule has 2 nitrogen and oxygen atoms in total. The van der Waals surface area contributed by atoms with Gasteiger partial charge in [-0.15, -0.1) is 0 Å². The molecule has 1 saturated carbocycles. The van der Waals surface area contributed by atoms with Crippen molar-refractivity contribution in [2.45, 2.75) is 46.0 Å². The van der Waals surface area contributed by atoms with Crippen molar-refractivity contribution in [3.63, 3.8) is 0 Å². The Hall–Kier alpha value is -1.18. The van der Waals surface area contributed by atoms with Crippen LogP contribution in [0.3, 0.4) is 0 Å². The molecule has 3 rings (SSSR count). The molecule has 0 amide bonds. The predicted molar refractivity (Wildman–Crippen MR) is 70.0 cm³/mol. The first-order chi connectivity index (χ1) is 8.47. The minimum Gasteiger partial charge on any atom is -0.299 e. The van der Waals surface area contributed by atoms with Crippen molar-refractivity contribution in [1.82, 2.24) is 0 Å². The van der Waals surface area contributed by atoms with Crippen LogP contribution in [0, 0.1) is 16.7 Å². The second kappa shape index (κ2) is 3.66. The Labute approximate surface area is 108 Å². The van der Waals surface area contributed by atoms with Crippen molar-refractivity contribution < 1.29 is 9.59 Å². The highest BCUT2D eigenvalue weighted by atomic mass is 16.1. The topological polar surface area (TPSA) is 34.1 Å². The zero-order valence-corrected chi connectivity index (χ0v) is 11.2. The number of carbonyl (C=O) groups is 2. The lowest BCUT2D eigenvalue weighted by atomic mass is 9.65. The van der Waals surface area contributed by atoms with Gasteiger partial charge in [0.05, 0.1) is 5.41 Å². The van der Waals surface area contributed by atoms with Crippen LogP contribution in [-0.2, 0) is 9.59 Å². The van der Waals surface area contributed by atoms with Gasteiger partial charge in [0.15, 0.2) is 5.78 Å². The number of allylic oxidation sites excluding steroid dienone is 4. The van der Waals surface area contributed by atoms with Gasteiger partial charge in [0.1, 0.15) is 5.78 Å². The summed E-state index contributed by atoms with van der Waals surface area (Å²) in [6.07, 6.45) is 10.2. The summed E-state index contributed by atoms with van der Waals surface area (Å²) in [6.45, 7) is 4.35. The van der Waals surface area contributed by atoms with E-state index in [0.29, 0.717) is 31.0 Å². The first kappa shape index (κ1) is 11.9. The molecule has 0 aromatic rings. The Morgan fingerprint density at radius 3 is 2.67 bits per heavy atom. The minimum absolute atomic E-state index is 0.0251. The number of ketones is 2. The van der Waals surface area contributed by atoms with Gasteiger partial charge in [-0.3, -0.25) is 9.59 Å². The zero-order chi connectivity index (χ0) is 13.0. The normalized spacial score (nSPS) is 37.2. The fourth-order valence-electron chi connectivity index (χ4n) is 3.89. The molecule has 1 fully saturated rings. The van der Waals surface area contributed by atoms with Crippen molar-refractivity contribution >= 4 is 11.6 Å².